The van der Waals surface area contributed by atoms with Gasteiger partial charge >= 0.3 is 6.09 Å². The quantitative estimate of drug-likeness (QED) is 0.812. The molecule has 0 saturated carbocycles. The highest BCUT2D eigenvalue weighted by Crippen LogP contribution is 2.19. The minimum Gasteiger partial charge on any atom is -0.489 e. The monoisotopic (exact) mass is 367 g/mol. The molecule has 0 saturated heterocycles. The van der Waals surface area contributed by atoms with Gasteiger partial charge in [0.25, 0.3) is 0 Å². The van der Waals surface area contributed by atoms with Gasteiger partial charge in [0.2, 0.25) is 5.91 Å². The summed E-state index contributed by atoms with van der Waals surface area (Å²) < 4.78 is 10.3. The molecule has 0 aliphatic heterocycles. The third-order valence-corrected chi connectivity index (χ3v) is 3.76. The van der Waals surface area contributed by atoms with E-state index in [0.717, 1.165) is 11.1 Å². The normalized spacial score (nSPS) is 9.81. The first kappa shape index (κ1) is 19.8. The Morgan fingerprint density at radius 3 is 2.52 bits per heavy atom. The fourth-order valence-corrected chi connectivity index (χ4v) is 2.35. The minimum absolute atomic E-state index is 0.123. The molecule has 0 unspecified atom stereocenters. The molecule has 7 heteroatoms. The Morgan fingerprint density at radius 1 is 1.15 bits per heavy atom. The maximum Gasteiger partial charge on any atom is 0.409 e. The summed E-state index contributed by atoms with van der Waals surface area (Å²) in [4.78, 5) is 24.7. The van der Waals surface area contributed by atoms with Crippen LogP contribution in [0.1, 0.15) is 11.1 Å². The molecule has 0 fully saturated rings. The van der Waals surface area contributed by atoms with Crippen molar-refractivity contribution in [2.24, 2.45) is 0 Å². The number of para-hydroxylation sites is 1. The van der Waals surface area contributed by atoms with Gasteiger partial charge in [0, 0.05) is 18.3 Å². The van der Waals surface area contributed by atoms with Crippen molar-refractivity contribution in [3.05, 3.63) is 59.7 Å². The SMILES string of the molecule is COC(=O)N(C)CC(=O)Nc1ccccc1COc1ccc(CC#N)cc1. The number of ether oxygens (including phenoxy) is 2. The Balaban J connectivity index is 1.97. The summed E-state index contributed by atoms with van der Waals surface area (Å²) in [5, 5.41) is 11.5. The first-order valence-corrected chi connectivity index (χ1v) is 8.29. The van der Waals surface area contributed by atoms with E-state index in [1.807, 2.05) is 24.3 Å². The summed E-state index contributed by atoms with van der Waals surface area (Å²) in [6.45, 7) is 0.142. The van der Waals surface area contributed by atoms with Crippen LogP contribution in [0.25, 0.3) is 0 Å². The zero-order chi connectivity index (χ0) is 19.6. The summed E-state index contributed by atoms with van der Waals surface area (Å²) >= 11 is 0. The standard InChI is InChI=1S/C20H21N3O4/c1-23(20(25)26-2)13-19(24)22-18-6-4-3-5-16(18)14-27-17-9-7-15(8-10-17)11-12-21/h3-10H,11,13-14H2,1-2H3,(H,22,24). The van der Waals surface area contributed by atoms with Crippen LogP contribution in [0.4, 0.5) is 10.5 Å². The molecular formula is C20H21N3O4. The van der Waals surface area contributed by atoms with Gasteiger partial charge in [-0.25, -0.2) is 4.79 Å². The van der Waals surface area contributed by atoms with Crippen molar-refractivity contribution in [1.29, 1.82) is 5.26 Å². The van der Waals surface area contributed by atoms with Crippen LogP contribution in [0.15, 0.2) is 48.5 Å². The van der Waals surface area contributed by atoms with Crippen molar-refractivity contribution in [3.63, 3.8) is 0 Å². The molecule has 2 aromatic carbocycles. The lowest BCUT2D eigenvalue weighted by molar-refractivity contribution is -0.116. The molecule has 0 radical (unpaired) electrons. The average Bonchev–Trinajstić information content (AvgIpc) is 2.68. The lowest BCUT2D eigenvalue weighted by atomic mass is 10.1. The molecule has 140 valence electrons. The summed E-state index contributed by atoms with van der Waals surface area (Å²) in [7, 11) is 2.74. The molecule has 0 atom stereocenters. The van der Waals surface area contributed by atoms with E-state index < -0.39 is 6.09 Å². The number of anilines is 1. The third kappa shape index (κ3) is 6.04. The van der Waals surface area contributed by atoms with E-state index in [1.165, 1.54) is 19.1 Å². The van der Waals surface area contributed by atoms with Gasteiger partial charge in [-0.3, -0.25) is 4.79 Å². The number of carbonyl (C=O) groups is 2. The lowest BCUT2D eigenvalue weighted by Gasteiger charge is -2.16. The number of hydrogen-bond acceptors (Lipinski definition) is 5. The second-order valence-corrected chi connectivity index (χ2v) is 5.80. The minimum atomic E-state index is -0.582. The van der Waals surface area contributed by atoms with Crippen LogP contribution in [-0.4, -0.2) is 37.6 Å². The number of amides is 2. The number of carbonyl (C=O) groups excluding carboxylic acids is 2. The molecule has 2 aromatic rings. The van der Waals surface area contributed by atoms with Crippen LogP contribution in [0, 0.1) is 11.3 Å². The van der Waals surface area contributed by atoms with Crippen molar-refractivity contribution in [2.45, 2.75) is 13.0 Å². The molecule has 0 aliphatic rings. The van der Waals surface area contributed by atoms with Gasteiger partial charge in [0.15, 0.2) is 0 Å². The molecule has 0 bridgehead atoms. The van der Waals surface area contributed by atoms with E-state index in [0.29, 0.717) is 17.9 Å². The van der Waals surface area contributed by atoms with Gasteiger partial charge in [-0.05, 0) is 23.8 Å². The van der Waals surface area contributed by atoms with E-state index in [-0.39, 0.29) is 19.1 Å². The van der Waals surface area contributed by atoms with Crippen LogP contribution < -0.4 is 10.1 Å². The summed E-state index contributed by atoms with van der Waals surface area (Å²) in [5.74, 6) is 0.333. The third-order valence-electron chi connectivity index (χ3n) is 3.76. The predicted octanol–water partition coefficient (Wildman–Crippen LogP) is 2.97. The topological polar surface area (TPSA) is 91.7 Å². The van der Waals surface area contributed by atoms with Gasteiger partial charge in [-0.15, -0.1) is 0 Å². The molecule has 0 aromatic heterocycles. The van der Waals surface area contributed by atoms with Crippen LogP contribution >= 0.6 is 0 Å². The molecule has 0 spiro atoms. The zero-order valence-electron chi connectivity index (χ0n) is 15.3. The number of benzene rings is 2. The number of hydrogen-bond donors (Lipinski definition) is 1. The first-order valence-electron chi connectivity index (χ1n) is 8.29. The molecule has 1 N–H and O–H groups in total. The molecule has 0 heterocycles. The van der Waals surface area contributed by atoms with Crippen molar-refractivity contribution in [3.8, 4) is 11.8 Å². The molecule has 2 amide bonds. The van der Waals surface area contributed by atoms with Crippen molar-refractivity contribution in [1.82, 2.24) is 4.90 Å². The highest BCUT2D eigenvalue weighted by molar-refractivity contribution is 5.94. The summed E-state index contributed by atoms with van der Waals surface area (Å²) in [6, 6.07) is 16.7. The second kappa shape index (κ2) is 9.82. The van der Waals surface area contributed by atoms with Crippen LogP contribution in [-0.2, 0) is 22.6 Å². The highest BCUT2D eigenvalue weighted by atomic mass is 16.5. The van der Waals surface area contributed by atoms with E-state index in [1.54, 1.807) is 24.3 Å². The Morgan fingerprint density at radius 2 is 1.85 bits per heavy atom. The van der Waals surface area contributed by atoms with Gasteiger partial charge < -0.3 is 19.7 Å². The molecule has 2 rings (SSSR count). The fraction of sp³-hybridized carbons (Fsp3) is 0.250. The lowest BCUT2D eigenvalue weighted by Crippen LogP contribution is -2.34. The summed E-state index contributed by atoms with van der Waals surface area (Å²) in [5.41, 5.74) is 2.33. The van der Waals surface area contributed by atoms with Gasteiger partial charge in [0.1, 0.15) is 18.9 Å². The van der Waals surface area contributed by atoms with E-state index >= 15 is 0 Å². The van der Waals surface area contributed by atoms with E-state index in [2.05, 4.69) is 16.1 Å². The van der Waals surface area contributed by atoms with E-state index in [4.69, 9.17) is 10.00 Å². The number of likely N-dealkylation sites (N-methyl/N-ethyl adjacent to an activating group) is 1. The van der Waals surface area contributed by atoms with Gasteiger partial charge in [-0.1, -0.05) is 30.3 Å². The second-order valence-electron chi connectivity index (χ2n) is 5.80. The maximum absolute atomic E-state index is 12.1. The van der Waals surface area contributed by atoms with Crippen molar-refractivity contribution in [2.75, 3.05) is 26.0 Å². The maximum atomic E-state index is 12.1. The Kier molecular flexibility index (Phi) is 7.20. The van der Waals surface area contributed by atoms with Crippen molar-refractivity contribution < 1.29 is 19.1 Å². The van der Waals surface area contributed by atoms with Crippen LogP contribution in [0.2, 0.25) is 0 Å². The predicted molar refractivity (Wildman–Crippen MR) is 100 cm³/mol. The molecule has 0 aliphatic carbocycles. The first-order chi connectivity index (χ1) is 13.0. The Labute approximate surface area is 158 Å². The Hall–Kier alpha value is -3.53. The van der Waals surface area contributed by atoms with Crippen molar-refractivity contribution >= 4 is 17.7 Å². The van der Waals surface area contributed by atoms with Crippen LogP contribution in [0.3, 0.4) is 0 Å². The zero-order valence-corrected chi connectivity index (χ0v) is 15.3. The number of methoxy groups -OCH3 is 1. The number of rotatable bonds is 7. The van der Waals surface area contributed by atoms with Crippen LogP contribution in [0.5, 0.6) is 5.75 Å². The van der Waals surface area contributed by atoms with E-state index in [9.17, 15) is 9.59 Å². The van der Waals surface area contributed by atoms with Gasteiger partial charge in [0.05, 0.1) is 19.6 Å². The molecular weight excluding hydrogens is 346 g/mol. The highest BCUT2D eigenvalue weighted by Gasteiger charge is 2.14. The van der Waals surface area contributed by atoms with Gasteiger partial charge in [-0.2, -0.15) is 5.26 Å². The molecule has 27 heavy (non-hydrogen) atoms. The average molecular weight is 367 g/mol. The number of nitrogens with one attached hydrogen (secondary N) is 1. The Bertz CT molecular complexity index is 828. The summed E-state index contributed by atoms with van der Waals surface area (Å²) in [6.07, 6.45) is -0.226. The smallest absolute Gasteiger partial charge is 0.409 e. The molecule has 7 nitrogen and oxygen atoms in total. The largest absolute Gasteiger partial charge is 0.489 e. The number of nitrogens with zero attached hydrogens (tertiary/aromatic N) is 2. The number of nitriles is 1. The fourth-order valence-electron chi connectivity index (χ4n) is 2.35.